The van der Waals surface area contributed by atoms with Crippen molar-refractivity contribution in [3.8, 4) is 0 Å². The Kier molecular flexibility index (Phi) is 33.0. The average molecular weight is 1360 g/mol. The number of carbonyl (C=O) groups excluding carboxylic acids is 10. The van der Waals surface area contributed by atoms with Gasteiger partial charge in [0.1, 0.15) is 57.1 Å². The number of ketones is 1. The number of alkyl carbamates (subject to hydrolysis) is 2. The molecule has 0 unspecified atom stereocenters. The van der Waals surface area contributed by atoms with Gasteiger partial charge in [0, 0.05) is 45.1 Å². The smallest absolute Gasteiger partial charge is 0.416 e. The maximum absolute atomic E-state index is 13.3. The quantitative estimate of drug-likeness (QED) is 0.00975. The Bertz CT molecular complexity index is 3360. The van der Waals surface area contributed by atoms with Crippen LogP contribution in [0.3, 0.4) is 0 Å². The summed E-state index contributed by atoms with van der Waals surface area (Å²) in [6.07, 6.45) is -7.79. The molecule has 5 rings (SSSR count). The van der Waals surface area contributed by atoms with Gasteiger partial charge in [-0.3, -0.25) is 33.6 Å². The van der Waals surface area contributed by atoms with Gasteiger partial charge in [0.25, 0.3) is 5.91 Å². The van der Waals surface area contributed by atoms with E-state index in [1.807, 2.05) is 13.0 Å². The Hall–Kier alpha value is -9.96. The molecule has 0 aliphatic heterocycles. The van der Waals surface area contributed by atoms with Crippen molar-refractivity contribution < 1.29 is 97.3 Å². The van der Waals surface area contributed by atoms with E-state index in [1.54, 1.807) is 49.4 Å². The molecule has 29 heteroatoms. The third-order valence-electron chi connectivity index (χ3n) is 14.2. The topological polar surface area (TPSA) is 277 Å². The molecular weight excluding hydrogens is 1280 g/mol. The van der Waals surface area contributed by atoms with Crippen LogP contribution >= 0.6 is 0 Å². The first-order valence-electron chi connectivity index (χ1n) is 30.5. The minimum absolute atomic E-state index is 0.135. The van der Waals surface area contributed by atoms with Crippen LogP contribution in [0.1, 0.15) is 108 Å². The lowest BCUT2D eigenvalue weighted by molar-refractivity contribution is -0.143. The zero-order valence-corrected chi connectivity index (χ0v) is 53.4. The second-order valence-electron chi connectivity index (χ2n) is 21.8. The standard InChI is InChI=1S/C37H42F4N4O6.C30H36F4N4O7/c1-3-32(46)31(44-36(50)51-24-27-10-14-29(15-11-27)37(39,40)41)9-4-5-19-42-33(47)22-45(35(49)28-8-6-7-25(2)21-28)23-34(48)43-20-18-26-12-16-30(38)17-13-26;1-20(39)38(18-27(41)36-16-14-21-8-12-24(31)13-9-21)17-26(40)35-15-4-3-5-25(28(42)44-2)37-29(43)45-19-22-6-10-23(11-7-22)30(32,33)34/h6-8,10-17,21,31H,3-5,9,18-20,22-24H2,1-2H3,(H,42,47)(H,43,48)(H,44,50);6-13,25H,3-5,14-19H2,1-2H3,(H,35,40)(H,36,41)(H,37,43)/t31-;25-/m00/s1. The average Bonchev–Trinajstić information content (AvgIpc) is 1.08. The zero-order chi connectivity index (χ0) is 70.8. The number of hydrogen-bond acceptors (Lipinski definition) is 13. The second-order valence-corrected chi connectivity index (χ2v) is 21.8. The van der Waals surface area contributed by atoms with Crippen LogP contribution in [0.2, 0.25) is 0 Å². The van der Waals surface area contributed by atoms with Crippen LogP contribution in [0.15, 0.2) is 121 Å². The van der Waals surface area contributed by atoms with E-state index >= 15 is 0 Å². The third-order valence-corrected chi connectivity index (χ3v) is 14.2. The number of rotatable bonds is 34. The van der Waals surface area contributed by atoms with E-state index in [4.69, 9.17) is 14.2 Å². The number of methoxy groups -OCH3 is 1. The highest BCUT2D eigenvalue weighted by Crippen LogP contribution is 2.30. The molecule has 5 aromatic carbocycles. The number of nitrogens with zero attached hydrogens (tertiary/aromatic N) is 2. The molecule has 0 bridgehead atoms. The molecule has 96 heavy (non-hydrogen) atoms. The first-order chi connectivity index (χ1) is 45.5. The van der Waals surface area contributed by atoms with Crippen molar-refractivity contribution >= 4 is 59.4 Å². The molecule has 0 aliphatic carbocycles. The van der Waals surface area contributed by atoms with Crippen molar-refractivity contribution in [2.45, 2.75) is 116 Å². The summed E-state index contributed by atoms with van der Waals surface area (Å²) in [5, 5.41) is 15.6. The Morgan fingerprint density at radius 1 is 0.490 bits per heavy atom. The minimum atomic E-state index is -4.49. The van der Waals surface area contributed by atoms with Crippen molar-refractivity contribution in [1.29, 1.82) is 0 Å². The lowest BCUT2D eigenvalue weighted by Crippen LogP contribution is -2.46. The lowest BCUT2D eigenvalue weighted by atomic mass is 10.0. The SMILES string of the molecule is CCC(=O)[C@H](CCCCNC(=O)CN(CC(=O)NCCc1ccc(F)cc1)C(=O)c1cccc(C)c1)NC(=O)OCc1ccc(C(F)(F)F)cc1.COC(=O)[C@H](CCCCNC(=O)CN(CC(=O)NCCc1ccc(F)cc1)C(C)=O)NC(=O)OCc1ccc(C(F)(F)F)cc1. The van der Waals surface area contributed by atoms with Crippen LogP contribution in [0, 0.1) is 18.6 Å². The van der Waals surface area contributed by atoms with Gasteiger partial charge in [0.15, 0.2) is 5.78 Å². The summed E-state index contributed by atoms with van der Waals surface area (Å²) >= 11 is 0. The number of nitrogens with one attached hydrogen (secondary N) is 6. The minimum Gasteiger partial charge on any atom is -0.467 e. The van der Waals surface area contributed by atoms with Crippen molar-refractivity contribution in [3.63, 3.8) is 0 Å². The number of alkyl halides is 6. The van der Waals surface area contributed by atoms with E-state index < -0.39 is 89.2 Å². The summed E-state index contributed by atoms with van der Waals surface area (Å²) in [5.74, 6) is -4.61. The molecular formula is C67H78F8N8O13. The Balaban J connectivity index is 0.000000412. The van der Waals surface area contributed by atoms with Crippen LogP contribution in [0.4, 0.5) is 44.7 Å². The highest BCUT2D eigenvalue weighted by atomic mass is 19.4. The van der Waals surface area contributed by atoms with Crippen LogP contribution < -0.4 is 31.9 Å². The molecule has 0 saturated heterocycles. The van der Waals surface area contributed by atoms with Gasteiger partial charge in [0.05, 0.1) is 24.3 Å². The van der Waals surface area contributed by atoms with Gasteiger partial charge in [-0.15, -0.1) is 0 Å². The molecule has 0 aliphatic rings. The summed E-state index contributed by atoms with van der Waals surface area (Å²) in [5.41, 5.74) is 1.78. The molecule has 8 amide bonds. The number of amides is 8. The van der Waals surface area contributed by atoms with E-state index in [2.05, 4.69) is 31.9 Å². The summed E-state index contributed by atoms with van der Waals surface area (Å²) in [6.45, 7) is 3.53. The van der Waals surface area contributed by atoms with Crippen LogP contribution in [-0.2, 0) is 86.2 Å². The number of halogens is 8. The van der Waals surface area contributed by atoms with E-state index in [0.29, 0.717) is 55.2 Å². The maximum Gasteiger partial charge on any atom is 0.416 e. The molecule has 0 aromatic heterocycles. The molecule has 5 aromatic rings. The van der Waals surface area contributed by atoms with E-state index in [0.717, 1.165) is 57.9 Å². The first-order valence-corrected chi connectivity index (χ1v) is 30.5. The predicted molar refractivity (Wildman–Crippen MR) is 334 cm³/mol. The monoisotopic (exact) mass is 1350 g/mol. The Morgan fingerprint density at radius 3 is 1.26 bits per heavy atom. The molecule has 520 valence electrons. The van der Waals surface area contributed by atoms with Gasteiger partial charge in [-0.05, 0) is 141 Å². The molecule has 6 N–H and O–H groups in total. The fraction of sp³-hybridized carbons (Fsp3) is 0.403. The molecule has 0 fully saturated rings. The van der Waals surface area contributed by atoms with E-state index in [1.165, 1.54) is 55.5 Å². The normalized spacial score (nSPS) is 11.6. The van der Waals surface area contributed by atoms with Crippen molar-refractivity contribution in [3.05, 3.63) is 177 Å². The number of ether oxygens (including phenoxy) is 3. The van der Waals surface area contributed by atoms with E-state index in [9.17, 15) is 83.1 Å². The molecule has 0 saturated carbocycles. The van der Waals surface area contributed by atoms with Gasteiger partial charge < -0.3 is 55.9 Å². The maximum atomic E-state index is 13.3. The highest BCUT2D eigenvalue weighted by Gasteiger charge is 2.32. The van der Waals surface area contributed by atoms with Gasteiger partial charge in [-0.1, -0.05) is 73.2 Å². The van der Waals surface area contributed by atoms with E-state index in [-0.39, 0.29) is 102 Å². The van der Waals surface area contributed by atoms with Gasteiger partial charge in [-0.25, -0.2) is 23.2 Å². The summed E-state index contributed by atoms with van der Waals surface area (Å²) < 4.78 is 117. The number of aryl methyl sites for hydroxylation is 1. The number of unbranched alkanes of at least 4 members (excludes halogenated alkanes) is 2. The second kappa shape index (κ2) is 40.3. The molecule has 21 nitrogen and oxygen atoms in total. The summed E-state index contributed by atoms with van der Waals surface area (Å²) in [6, 6.07) is 24.8. The number of carbonyl (C=O) groups is 10. The lowest BCUT2D eigenvalue weighted by Gasteiger charge is -2.22. The van der Waals surface area contributed by atoms with Crippen LogP contribution in [-0.4, -0.2) is 141 Å². The third kappa shape index (κ3) is 30.4. The summed E-state index contributed by atoms with van der Waals surface area (Å²) in [7, 11) is 1.14. The van der Waals surface area contributed by atoms with Gasteiger partial charge in [0.2, 0.25) is 29.5 Å². The number of benzene rings is 5. The van der Waals surface area contributed by atoms with Crippen molar-refractivity contribution in [2.75, 3.05) is 59.5 Å². The first kappa shape index (κ1) is 78.5. The zero-order valence-electron chi connectivity index (χ0n) is 53.4. The van der Waals surface area contributed by atoms with Crippen LogP contribution in [0.5, 0.6) is 0 Å². The molecule has 2 atom stereocenters. The number of Topliss-reactive ketones (excluding diaryl/α,β-unsaturated/α-hetero) is 1. The van der Waals surface area contributed by atoms with Crippen molar-refractivity contribution in [1.82, 2.24) is 41.7 Å². The van der Waals surface area contributed by atoms with Crippen molar-refractivity contribution in [2.24, 2.45) is 0 Å². The molecule has 0 radical (unpaired) electrons. The number of esters is 1. The predicted octanol–water partition coefficient (Wildman–Crippen LogP) is 8.62. The molecule has 0 spiro atoms. The van der Waals surface area contributed by atoms with Gasteiger partial charge >= 0.3 is 30.5 Å². The highest BCUT2D eigenvalue weighted by molar-refractivity contribution is 5.99. The Morgan fingerprint density at radius 2 is 0.875 bits per heavy atom. The largest absolute Gasteiger partial charge is 0.467 e. The van der Waals surface area contributed by atoms with Gasteiger partial charge in [-0.2, -0.15) is 26.3 Å². The fourth-order valence-corrected chi connectivity index (χ4v) is 8.95. The number of hydrogen-bond donors (Lipinski definition) is 6. The molecule has 0 heterocycles. The summed E-state index contributed by atoms with van der Waals surface area (Å²) in [4.78, 5) is 127. The fourth-order valence-electron chi connectivity index (χ4n) is 8.95. The van der Waals surface area contributed by atoms with Crippen LogP contribution in [0.25, 0.3) is 0 Å². The Labute approximate surface area is 549 Å².